The Balaban J connectivity index is 1.60. The van der Waals surface area contributed by atoms with Crippen LogP contribution in [0.25, 0.3) is 0 Å². The van der Waals surface area contributed by atoms with Gasteiger partial charge in [0, 0.05) is 31.0 Å². The van der Waals surface area contributed by atoms with Crippen molar-refractivity contribution in [1.29, 1.82) is 0 Å². The highest BCUT2D eigenvalue weighted by molar-refractivity contribution is 5.93. The van der Waals surface area contributed by atoms with Crippen molar-refractivity contribution in [3.63, 3.8) is 0 Å². The first kappa shape index (κ1) is 14.4. The number of anilines is 1. The van der Waals surface area contributed by atoms with E-state index in [9.17, 15) is 4.79 Å². The van der Waals surface area contributed by atoms with Crippen molar-refractivity contribution in [3.8, 4) is 0 Å². The molecule has 114 valence electrons. The maximum absolute atomic E-state index is 12.2. The van der Waals surface area contributed by atoms with Gasteiger partial charge in [0.1, 0.15) is 17.8 Å². The molecule has 2 N–H and O–H groups in total. The molecule has 1 saturated carbocycles. The molecule has 1 aliphatic carbocycles. The molecular weight excluding hydrogens is 278 g/mol. The van der Waals surface area contributed by atoms with E-state index in [2.05, 4.69) is 25.6 Å². The van der Waals surface area contributed by atoms with E-state index in [-0.39, 0.29) is 11.9 Å². The van der Waals surface area contributed by atoms with Crippen molar-refractivity contribution >= 4 is 11.7 Å². The lowest BCUT2D eigenvalue weighted by atomic mass is 10.2. The number of rotatable bonds is 5. The molecule has 0 radical (unpaired) electrons. The summed E-state index contributed by atoms with van der Waals surface area (Å²) in [6, 6.07) is 5.83. The van der Waals surface area contributed by atoms with Gasteiger partial charge in [0.25, 0.3) is 5.91 Å². The van der Waals surface area contributed by atoms with Gasteiger partial charge in [-0.2, -0.15) is 0 Å². The molecule has 0 saturated heterocycles. The Kier molecular flexibility index (Phi) is 4.58. The molecule has 2 aromatic heterocycles. The number of hydrogen-bond acceptors (Lipinski definition) is 5. The Hall–Kier alpha value is -2.50. The van der Waals surface area contributed by atoms with Crippen molar-refractivity contribution in [2.75, 3.05) is 5.32 Å². The molecule has 1 fully saturated rings. The average molecular weight is 297 g/mol. The van der Waals surface area contributed by atoms with Crippen molar-refractivity contribution in [1.82, 2.24) is 20.3 Å². The normalized spacial score (nSPS) is 14.7. The number of aromatic nitrogens is 3. The largest absolute Gasteiger partial charge is 0.366 e. The first-order valence-corrected chi connectivity index (χ1v) is 7.57. The fourth-order valence-electron chi connectivity index (χ4n) is 2.60. The second-order valence-electron chi connectivity index (χ2n) is 5.46. The molecule has 1 amide bonds. The minimum absolute atomic E-state index is 0.126. The minimum atomic E-state index is -0.126. The number of amides is 1. The van der Waals surface area contributed by atoms with Crippen LogP contribution in [-0.2, 0) is 6.54 Å². The molecule has 0 aliphatic heterocycles. The highest BCUT2D eigenvalue weighted by atomic mass is 16.1. The summed E-state index contributed by atoms with van der Waals surface area (Å²) in [6.45, 7) is 0.606. The lowest BCUT2D eigenvalue weighted by molar-refractivity contribution is 0.0932. The van der Waals surface area contributed by atoms with Crippen LogP contribution in [0.5, 0.6) is 0 Å². The van der Waals surface area contributed by atoms with Crippen molar-refractivity contribution in [2.24, 2.45) is 0 Å². The van der Waals surface area contributed by atoms with Crippen molar-refractivity contribution in [3.05, 3.63) is 48.2 Å². The average Bonchev–Trinajstić information content (AvgIpc) is 3.07. The lowest BCUT2D eigenvalue weighted by Gasteiger charge is -2.12. The van der Waals surface area contributed by atoms with E-state index in [0.717, 1.165) is 18.4 Å². The summed E-state index contributed by atoms with van der Waals surface area (Å²) < 4.78 is 0. The second kappa shape index (κ2) is 6.98. The summed E-state index contributed by atoms with van der Waals surface area (Å²) in [6.07, 6.45) is 9.43. The third kappa shape index (κ3) is 3.78. The van der Waals surface area contributed by atoms with Gasteiger partial charge in [-0.05, 0) is 24.5 Å². The van der Waals surface area contributed by atoms with Gasteiger partial charge in [0.2, 0.25) is 0 Å². The Morgan fingerprint density at radius 1 is 1.27 bits per heavy atom. The quantitative estimate of drug-likeness (QED) is 0.884. The molecule has 0 atom stereocenters. The second-order valence-corrected chi connectivity index (χ2v) is 5.46. The smallest absolute Gasteiger partial charge is 0.270 e. The number of hydrogen-bond donors (Lipinski definition) is 2. The lowest BCUT2D eigenvalue weighted by Crippen LogP contribution is -2.33. The van der Waals surface area contributed by atoms with E-state index in [1.165, 1.54) is 19.2 Å². The fraction of sp³-hybridized carbons (Fsp3) is 0.375. The van der Waals surface area contributed by atoms with Gasteiger partial charge in [-0.3, -0.25) is 9.78 Å². The summed E-state index contributed by atoms with van der Waals surface area (Å²) in [7, 11) is 0. The van der Waals surface area contributed by atoms with Gasteiger partial charge in [0.15, 0.2) is 0 Å². The summed E-state index contributed by atoms with van der Waals surface area (Å²) in [5.41, 5.74) is 1.45. The molecule has 6 heteroatoms. The zero-order valence-electron chi connectivity index (χ0n) is 12.3. The summed E-state index contributed by atoms with van der Waals surface area (Å²) in [5, 5.41) is 6.21. The highest BCUT2D eigenvalue weighted by Gasteiger charge is 2.18. The van der Waals surface area contributed by atoms with Crippen molar-refractivity contribution < 1.29 is 4.79 Å². The molecular formula is C16H19N5O. The fourth-order valence-corrected chi connectivity index (χ4v) is 2.60. The topological polar surface area (TPSA) is 79.8 Å². The minimum Gasteiger partial charge on any atom is -0.366 e. The van der Waals surface area contributed by atoms with E-state index in [1.807, 2.05) is 12.1 Å². The van der Waals surface area contributed by atoms with Gasteiger partial charge in [-0.25, -0.2) is 9.97 Å². The van der Waals surface area contributed by atoms with Crippen LogP contribution in [0.4, 0.5) is 5.82 Å². The summed E-state index contributed by atoms with van der Waals surface area (Å²) >= 11 is 0. The predicted molar refractivity (Wildman–Crippen MR) is 83.3 cm³/mol. The SMILES string of the molecule is O=C(NC1CCCC1)c1cc(NCc2cccnc2)ncn1. The number of pyridine rings is 1. The number of carbonyl (C=O) groups is 1. The van der Waals surface area contributed by atoms with E-state index in [1.54, 1.807) is 18.5 Å². The summed E-state index contributed by atoms with van der Waals surface area (Å²) in [5.74, 6) is 0.508. The first-order chi connectivity index (χ1) is 10.8. The third-order valence-electron chi connectivity index (χ3n) is 3.79. The Morgan fingerprint density at radius 3 is 2.91 bits per heavy atom. The zero-order chi connectivity index (χ0) is 15.2. The van der Waals surface area contributed by atoms with Crippen molar-refractivity contribution in [2.45, 2.75) is 38.3 Å². The van der Waals surface area contributed by atoms with Crippen LogP contribution >= 0.6 is 0 Å². The Bertz CT molecular complexity index is 625. The summed E-state index contributed by atoms with van der Waals surface area (Å²) in [4.78, 5) is 24.5. The van der Waals surface area contributed by atoms with Gasteiger partial charge < -0.3 is 10.6 Å². The van der Waals surface area contributed by atoms with Crippen LogP contribution in [-0.4, -0.2) is 26.9 Å². The van der Waals surface area contributed by atoms with Crippen LogP contribution in [0.15, 0.2) is 36.9 Å². The zero-order valence-corrected chi connectivity index (χ0v) is 12.3. The van der Waals surface area contributed by atoms with Crippen LogP contribution in [0, 0.1) is 0 Å². The monoisotopic (exact) mass is 297 g/mol. The molecule has 6 nitrogen and oxygen atoms in total. The highest BCUT2D eigenvalue weighted by Crippen LogP contribution is 2.18. The van der Waals surface area contributed by atoms with Gasteiger partial charge >= 0.3 is 0 Å². The molecule has 0 aromatic carbocycles. The number of nitrogens with one attached hydrogen (secondary N) is 2. The Morgan fingerprint density at radius 2 is 2.14 bits per heavy atom. The maximum atomic E-state index is 12.2. The van der Waals surface area contributed by atoms with E-state index < -0.39 is 0 Å². The van der Waals surface area contributed by atoms with Crippen LogP contribution < -0.4 is 10.6 Å². The van der Waals surface area contributed by atoms with Crippen LogP contribution in [0.3, 0.4) is 0 Å². The Labute approximate surface area is 129 Å². The van der Waals surface area contributed by atoms with E-state index in [4.69, 9.17) is 0 Å². The molecule has 0 unspecified atom stereocenters. The number of carbonyl (C=O) groups excluding carboxylic acids is 1. The molecule has 1 aliphatic rings. The number of nitrogens with zero attached hydrogens (tertiary/aromatic N) is 3. The molecule has 0 spiro atoms. The molecule has 0 bridgehead atoms. The molecule has 2 aromatic rings. The third-order valence-corrected chi connectivity index (χ3v) is 3.79. The standard InChI is InChI=1S/C16H19N5O/c22-16(21-13-5-1-2-6-13)14-8-15(20-11-19-14)18-10-12-4-3-7-17-9-12/h3-4,7-9,11,13H,1-2,5-6,10H2,(H,21,22)(H,18,19,20). The first-order valence-electron chi connectivity index (χ1n) is 7.57. The van der Waals surface area contributed by atoms with E-state index >= 15 is 0 Å². The van der Waals surface area contributed by atoms with Crippen LogP contribution in [0.2, 0.25) is 0 Å². The molecule has 22 heavy (non-hydrogen) atoms. The van der Waals surface area contributed by atoms with Crippen LogP contribution in [0.1, 0.15) is 41.7 Å². The van der Waals surface area contributed by atoms with E-state index in [0.29, 0.717) is 18.1 Å². The maximum Gasteiger partial charge on any atom is 0.270 e. The molecule has 3 rings (SSSR count). The molecule has 2 heterocycles. The van der Waals surface area contributed by atoms with Gasteiger partial charge in [0.05, 0.1) is 0 Å². The predicted octanol–water partition coefficient (Wildman–Crippen LogP) is 2.16. The van der Waals surface area contributed by atoms with Gasteiger partial charge in [-0.1, -0.05) is 18.9 Å². The van der Waals surface area contributed by atoms with Gasteiger partial charge in [-0.15, -0.1) is 0 Å².